The fourth-order valence-corrected chi connectivity index (χ4v) is 5.25. The average molecular weight is 662 g/mol. The maximum atomic E-state index is 13.6. The zero-order chi connectivity index (χ0) is 33.9. The Morgan fingerprint density at radius 1 is 1.02 bits per heavy atom. The monoisotopic (exact) mass is 661 g/mol. The number of nitrogens with zero attached hydrogens (tertiary/aromatic N) is 3. The molecule has 1 aliphatic heterocycles. The molecular formula is C33H36ClN7O6. The highest BCUT2D eigenvalue weighted by atomic mass is 35.5. The van der Waals surface area contributed by atoms with E-state index in [0.29, 0.717) is 24.1 Å². The summed E-state index contributed by atoms with van der Waals surface area (Å²) in [6.07, 6.45) is 2.33. The molecule has 0 spiro atoms. The lowest BCUT2D eigenvalue weighted by molar-refractivity contribution is -0.146. The molecule has 1 aromatic heterocycles. The first-order valence-corrected chi connectivity index (χ1v) is 15.3. The minimum atomic E-state index is -1.08. The van der Waals surface area contributed by atoms with Gasteiger partial charge in [-0.25, -0.2) is 14.8 Å². The number of ether oxygens (including phenoxy) is 1. The van der Waals surface area contributed by atoms with Gasteiger partial charge in [0.25, 0.3) is 11.8 Å². The van der Waals surface area contributed by atoms with Gasteiger partial charge < -0.3 is 30.9 Å². The van der Waals surface area contributed by atoms with Gasteiger partial charge in [0.1, 0.15) is 29.0 Å². The number of benzene rings is 2. The number of aryl methyl sites for hydroxylation is 1. The molecule has 1 saturated heterocycles. The molecule has 14 heteroatoms. The second kappa shape index (κ2) is 16.3. The van der Waals surface area contributed by atoms with Crippen LogP contribution < -0.4 is 21.3 Å². The van der Waals surface area contributed by atoms with Crippen molar-refractivity contribution in [3.8, 4) is 0 Å². The summed E-state index contributed by atoms with van der Waals surface area (Å²) < 4.78 is 4.91. The van der Waals surface area contributed by atoms with E-state index >= 15 is 0 Å². The van der Waals surface area contributed by atoms with Crippen molar-refractivity contribution in [3.05, 3.63) is 101 Å². The number of carbonyl (C=O) groups is 5. The number of esters is 1. The minimum absolute atomic E-state index is 0.0850. The predicted octanol–water partition coefficient (Wildman–Crippen LogP) is 2.52. The second-order valence-corrected chi connectivity index (χ2v) is 11.2. The minimum Gasteiger partial charge on any atom is -0.467 e. The third kappa shape index (κ3) is 9.60. The smallest absolute Gasteiger partial charge is 0.328 e. The molecule has 246 valence electrons. The number of aromatic nitrogens is 2. The molecule has 4 N–H and O–H groups in total. The van der Waals surface area contributed by atoms with E-state index in [2.05, 4.69) is 31.2 Å². The van der Waals surface area contributed by atoms with Crippen LogP contribution in [-0.4, -0.2) is 76.2 Å². The van der Waals surface area contributed by atoms with E-state index in [-0.39, 0.29) is 29.8 Å². The van der Waals surface area contributed by atoms with E-state index in [0.717, 1.165) is 5.56 Å². The van der Waals surface area contributed by atoms with E-state index in [9.17, 15) is 24.0 Å². The van der Waals surface area contributed by atoms with E-state index in [1.54, 1.807) is 43.3 Å². The van der Waals surface area contributed by atoms with Crippen LogP contribution >= 0.6 is 11.6 Å². The first-order chi connectivity index (χ1) is 22.5. The number of rotatable bonds is 12. The van der Waals surface area contributed by atoms with Crippen LogP contribution in [0.4, 0.5) is 5.95 Å². The number of halogens is 1. The number of likely N-dealkylation sites (tertiary alicyclic amines) is 1. The van der Waals surface area contributed by atoms with Gasteiger partial charge in [-0.2, -0.15) is 0 Å². The van der Waals surface area contributed by atoms with Gasteiger partial charge >= 0.3 is 5.97 Å². The van der Waals surface area contributed by atoms with Crippen molar-refractivity contribution in [1.29, 1.82) is 0 Å². The van der Waals surface area contributed by atoms with Crippen molar-refractivity contribution in [3.63, 3.8) is 0 Å². The number of methoxy groups -OCH3 is 1. The lowest BCUT2D eigenvalue weighted by Gasteiger charge is -2.28. The average Bonchev–Trinajstić information content (AvgIpc) is 3.56. The van der Waals surface area contributed by atoms with Crippen molar-refractivity contribution in [2.24, 2.45) is 0 Å². The van der Waals surface area contributed by atoms with Gasteiger partial charge in [-0.3, -0.25) is 19.2 Å². The summed E-state index contributed by atoms with van der Waals surface area (Å²) in [6.45, 7) is 3.47. The van der Waals surface area contributed by atoms with Crippen molar-refractivity contribution in [2.75, 3.05) is 19.0 Å². The van der Waals surface area contributed by atoms with E-state index in [1.165, 1.54) is 25.1 Å². The van der Waals surface area contributed by atoms with Crippen molar-refractivity contribution >= 4 is 47.1 Å². The molecule has 1 aliphatic rings. The number of hydrogen-bond donors (Lipinski definition) is 4. The predicted molar refractivity (Wildman–Crippen MR) is 174 cm³/mol. The summed E-state index contributed by atoms with van der Waals surface area (Å²) in [5.74, 6) is -2.89. The van der Waals surface area contributed by atoms with Gasteiger partial charge in [0, 0.05) is 30.4 Å². The number of carbonyl (C=O) groups excluding carboxylic acids is 5. The Balaban J connectivity index is 1.46. The Morgan fingerprint density at radius 3 is 2.36 bits per heavy atom. The van der Waals surface area contributed by atoms with Crippen LogP contribution in [0.25, 0.3) is 0 Å². The highest BCUT2D eigenvalue weighted by Crippen LogP contribution is 2.19. The first-order valence-electron chi connectivity index (χ1n) is 14.9. The van der Waals surface area contributed by atoms with Crippen LogP contribution in [0.2, 0.25) is 5.15 Å². The van der Waals surface area contributed by atoms with Crippen LogP contribution in [-0.2, 0) is 30.3 Å². The lowest BCUT2D eigenvalue weighted by Crippen LogP contribution is -2.55. The molecule has 47 heavy (non-hydrogen) atoms. The molecule has 0 bridgehead atoms. The standard InChI is InChI=1S/C33H36ClN7O6/c1-20-17-27(34)40-33(36-20)35-19-25(39-28(42)23-13-8-5-9-14-23)29(43)37-21(2)31(45)41-16-10-15-26(41)30(44)38-24(32(46)47-3)18-22-11-6-4-7-12-22/h4-9,11-14,17,19,21,24,26H,10,15-16,18H2,1-3H3,(H,37,43)(H,38,44)(H,39,42)(H,35,36,40)/b25-19-/t21?,24-,26?/m0/s1. The molecule has 3 atom stereocenters. The Hall–Kier alpha value is -5.30. The quantitative estimate of drug-likeness (QED) is 0.129. The van der Waals surface area contributed by atoms with Gasteiger partial charge in [-0.15, -0.1) is 0 Å². The van der Waals surface area contributed by atoms with Crippen LogP contribution in [0.3, 0.4) is 0 Å². The molecule has 2 heterocycles. The van der Waals surface area contributed by atoms with Gasteiger partial charge in [0.05, 0.1) is 7.11 Å². The molecule has 4 amide bonds. The molecular weight excluding hydrogens is 626 g/mol. The van der Waals surface area contributed by atoms with E-state index < -0.39 is 47.7 Å². The largest absolute Gasteiger partial charge is 0.467 e. The molecule has 0 aliphatic carbocycles. The second-order valence-electron chi connectivity index (χ2n) is 10.8. The molecule has 2 unspecified atom stereocenters. The van der Waals surface area contributed by atoms with Crippen molar-refractivity contribution in [2.45, 2.75) is 51.2 Å². The lowest BCUT2D eigenvalue weighted by atomic mass is 10.1. The number of anilines is 1. The Bertz CT molecular complexity index is 1620. The summed E-state index contributed by atoms with van der Waals surface area (Å²) in [5, 5.41) is 10.8. The molecule has 13 nitrogen and oxygen atoms in total. The van der Waals surface area contributed by atoms with Crippen LogP contribution in [0.1, 0.15) is 41.4 Å². The van der Waals surface area contributed by atoms with Crippen LogP contribution in [0.15, 0.2) is 78.6 Å². The van der Waals surface area contributed by atoms with Crippen molar-refractivity contribution < 1.29 is 28.7 Å². The zero-order valence-electron chi connectivity index (χ0n) is 26.2. The number of nitrogens with one attached hydrogen (secondary N) is 4. The van der Waals surface area contributed by atoms with E-state index in [4.69, 9.17) is 16.3 Å². The Morgan fingerprint density at radius 2 is 1.70 bits per heavy atom. The molecule has 4 rings (SSSR count). The number of hydrogen-bond acceptors (Lipinski definition) is 9. The molecule has 1 fully saturated rings. The molecule has 2 aromatic carbocycles. The highest BCUT2D eigenvalue weighted by Gasteiger charge is 2.38. The van der Waals surface area contributed by atoms with Gasteiger partial charge in [0.2, 0.25) is 17.8 Å². The number of amides is 4. The summed E-state index contributed by atoms with van der Waals surface area (Å²) in [7, 11) is 1.24. The Labute approximate surface area is 277 Å². The highest BCUT2D eigenvalue weighted by molar-refractivity contribution is 6.29. The molecule has 0 radical (unpaired) electrons. The summed E-state index contributed by atoms with van der Waals surface area (Å²) in [4.78, 5) is 75.4. The van der Waals surface area contributed by atoms with Gasteiger partial charge in [0.15, 0.2) is 0 Å². The van der Waals surface area contributed by atoms with Crippen LogP contribution in [0.5, 0.6) is 0 Å². The fourth-order valence-electron chi connectivity index (χ4n) is 5.02. The SMILES string of the molecule is COC(=O)[C@H](Cc1ccccc1)NC(=O)C1CCCN1C(=O)C(C)NC(=O)/C(=C/Nc1nc(C)cc(Cl)n1)NC(=O)c1ccccc1. The van der Waals surface area contributed by atoms with Crippen molar-refractivity contribution in [1.82, 2.24) is 30.8 Å². The normalized spacial score (nSPS) is 15.6. The van der Waals surface area contributed by atoms with Gasteiger partial charge in [-0.1, -0.05) is 60.1 Å². The van der Waals surface area contributed by atoms with Crippen LogP contribution in [0, 0.1) is 6.92 Å². The van der Waals surface area contributed by atoms with Gasteiger partial charge in [-0.05, 0) is 50.5 Å². The molecule has 0 saturated carbocycles. The third-order valence-electron chi connectivity index (χ3n) is 7.34. The fraction of sp³-hybridized carbons (Fsp3) is 0.303. The zero-order valence-corrected chi connectivity index (χ0v) is 26.9. The Kier molecular flexibility index (Phi) is 12.0. The van der Waals surface area contributed by atoms with E-state index in [1.807, 2.05) is 30.3 Å². The maximum Gasteiger partial charge on any atom is 0.328 e. The third-order valence-corrected chi connectivity index (χ3v) is 7.53. The topological polar surface area (TPSA) is 172 Å². The summed E-state index contributed by atoms with van der Waals surface area (Å²) >= 11 is 6.02. The molecule has 3 aromatic rings. The summed E-state index contributed by atoms with van der Waals surface area (Å²) in [5.41, 5.74) is 1.47. The summed E-state index contributed by atoms with van der Waals surface area (Å²) in [6, 6.07) is 16.1. The maximum absolute atomic E-state index is 13.6. The first kappa shape index (κ1) is 34.6.